The number of hydrogen-bond donors (Lipinski definition) is 1. The molecule has 3 rings (SSSR count). The van der Waals surface area contributed by atoms with Crippen LogP contribution in [0.5, 0.6) is 0 Å². The summed E-state index contributed by atoms with van der Waals surface area (Å²) in [5.74, 6) is -0.395. The van der Waals surface area contributed by atoms with Crippen molar-refractivity contribution in [3.8, 4) is 6.07 Å². The molecule has 1 unspecified atom stereocenters. The van der Waals surface area contributed by atoms with E-state index < -0.39 is 5.54 Å². The van der Waals surface area contributed by atoms with Crippen LogP contribution in [0.2, 0.25) is 0 Å². The molecule has 26 heavy (non-hydrogen) atoms. The van der Waals surface area contributed by atoms with Crippen LogP contribution in [0.3, 0.4) is 0 Å². The first-order valence-corrected chi connectivity index (χ1v) is 8.91. The van der Waals surface area contributed by atoms with E-state index in [0.29, 0.717) is 31.7 Å². The zero-order valence-electron chi connectivity index (χ0n) is 14.9. The van der Waals surface area contributed by atoms with Gasteiger partial charge in [-0.25, -0.2) is 4.39 Å². The largest absolute Gasteiger partial charge is 0.337 e. The number of hydrogen-bond acceptors (Lipinski definition) is 4. The summed E-state index contributed by atoms with van der Waals surface area (Å²) >= 11 is 0. The molecule has 1 aliphatic carbocycles. The van der Waals surface area contributed by atoms with Gasteiger partial charge in [0.15, 0.2) is 0 Å². The Balaban J connectivity index is 1.47. The Bertz CT molecular complexity index is 718. The van der Waals surface area contributed by atoms with Gasteiger partial charge >= 0.3 is 0 Å². The Kier molecular flexibility index (Phi) is 5.23. The number of carbonyl (C=O) groups is 2. The zero-order valence-corrected chi connectivity index (χ0v) is 14.9. The quantitative estimate of drug-likeness (QED) is 0.863. The monoisotopic (exact) mass is 358 g/mol. The van der Waals surface area contributed by atoms with E-state index in [4.69, 9.17) is 0 Å². The first-order valence-electron chi connectivity index (χ1n) is 8.91. The topological polar surface area (TPSA) is 76.4 Å². The van der Waals surface area contributed by atoms with Crippen molar-refractivity contribution in [1.82, 2.24) is 15.1 Å². The SMILES string of the molecule is CC(C#N)(NC(=O)CN1CCN(C(=O)c2ccc(F)cc2)CC1)C1CC1. The van der Waals surface area contributed by atoms with Gasteiger partial charge in [0.25, 0.3) is 5.91 Å². The molecule has 6 nitrogen and oxygen atoms in total. The molecule has 1 saturated heterocycles. The summed E-state index contributed by atoms with van der Waals surface area (Å²) in [6, 6.07) is 7.75. The smallest absolute Gasteiger partial charge is 0.253 e. The number of rotatable bonds is 5. The second-order valence-corrected chi connectivity index (χ2v) is 7.21. The Morgan fingerprint density at radius 2 is 1.85 bits per heavy atom. The molecular weight excluding hydrogens is 335 g/mol. The van der Waals surface area contributed by atoms with Crippen LogP contribution in [0.1, 0.15) is 30.1 Å². The minimum absolute atomic E-state index is 0.125. The molecule has 1 aromatic carbocycles. The molecule has 1 saturated carbocycles. The Morgan fingerprint density at radius 3 is 2.38 bits per heavy atom. The summed E-state index contributed by atoms with van der Waals surface area (Å²) in [5, 5.41) is 12.2. The summed E-state index contributed by atoms with van der Waals surface area (Å²) < 4.78 is 13.0. The van der Waals surface area contributed by atoms with Crippen LogP contribution in [0.25, 0.3) is 0 Å². The molecule has 138 valence electrons. The van der Waals surface area contributed by atoms with Gasteiger partial charge in [0.1, 0.15) is 11.4 Å². The van der Waals surface area contributed by atoms with Crippen molar-refractivity contribution in [3.05, 3.63) is 35.6 Å². The standard InChI is InChI=1S/C19H23FN4O2/c1-19(13-21,15-4-5-15)22-17(25)12-23-8-10-24(11-9-23)18(26)14-2-6-16(20)7-3-14/h2-3,6-7,15H,4-5,8-12H2,1H3,(H,22,25). The molecule has 7 heteroatoms. The lowest BCUT2D eigenvalue weighted by molar-refractivity contribution is -0.124. The molecule has 1 heterocycles. The fourth-order valence-corrected chi connectivity index (χ4v) is 3.30. The van der Waals surface area contributed by atoms with Crippen LogP contribution in [0, 0.1) is 23.1 Å². The fourth-order valence-electron chi connectivity index (χ4n) is 3.30. The van der Waals surface area contributed by atoms with Gasteiger partial charge in [0.2, 0.25) is 5.91 Å². The number of nitrogens with zero attached hydrogens (tertiary/aromatic N) is 3. The van der Waals surface area contributed by atoms with Crippen LogP contribution >= 0.6 is 0 Å². The van der Waals surface area contributed by atoms with E-state index in [1.54, 1.807) is 11.8 Å². The Morgan fingerprint density at radius 1 is 1.23 bits per heavy atom. The highest BCUT2D eigenvalue weighted by atomic mass is 19.1. The molecule has 1 aromatic rings. The molecular formula is C19H23FN4O2. The van der Waals surface area contributed by atoms with Crippen LogP contribution in [0.4, 0.5) is 4.39 Å². The van der Waals surface area contributed by atoms with E-state index in [1.165, 1.54) is 24.3 Å². The van der Waals surface area contributed by atoms with Crippen molar-refractivity contribution >= 4 is 11.8 Å². The van der Waals surface area contributed by atoms with Gasteiger partial charge < -0.3 is 10.2 Å². The maximum Gasteiger partial charge on any atom is 0.253 e. The van der Waals surface area contributed by atoms with Crippen molar-refractivity contribution in [2.45, 2.75) is 25.3 Å². The van der Waals surface area contributed by atoms with Crippen molar-refractivity contribution < 1.29 is 14.0 Å². The molecule has 1 N–H and O–H groups in total. The average Bonchev–Trinajstić information content (AvgIpc) is 3.48. The fraction of sp³-hybridized carbons (Fsp3) is 0.526. The average molecular weight is 358 g/mol. The van der Waals surface area contributed by atoms with E-state index in [1.807, 2.05) is 4.90 Å². The highest BCUT2D eigenvalue weighted by molar-refractivity contribution is 5.94. The van der Waals surface area contributed by atoms with Crippen molar-refractivity contribution in [1.29, 1.82) is 5.26 Å². The van der Waals surface area contributed by atoms with Gasteiger partial charge in [-0.15, -0.1) is 0 Å². The van der Waals surface area contributed by atoms with Crippen molar-refractivity contribution in [2.24, 2.45) is 5.92 Å². The summed E-state index contributed by atoms with van der Waals surface area (Å²) in [7, 11) is 0. The number of halogens is 1. The van der Waals surface area contributed by atoms with E-state index in [9.17, 15) is 19.2 Å². The summed E-state index contributed by atoms with van der Waals surface area (Å²) in [4.78, 5) is 28.4. The van der Waals surface area contributed by atoms with Crippen LogP contribution in [-0.4, -0.2) is 59.9 Å². The molecule has 2 fully saturated rings. The first kappa shape index (κ1) is 18.3. The number of benzene rings is 1. The second kappa shape index (κ2) is 7.42. The van der Waals surface area contributed by atoms with Crippen LogP contribution in [-0.2, 0) is 4.79 Å². The van der Waals surface area contributed by atoms with E-state index >= 15 is 0 Å². The Labute approximate surface area is 152 Å². The third-order valence-electron chi connectivity index (χ3n) is 5.14. The third-order valence-corrected chi connectivity index (χ3v) is 5.14. The minimum atomic E-state index is -0.780. The molecule has 1 aliphatic heterocycles. The number of piperazine rings is 1. The van der Waals surface area contributed by atoms with Crippen molar-refractivity contribution in [2.75, 3.05) is 32.7 Å². The van der Waals surface area contributed by atoms with Gasteiger partial charge in [-0.05, 0) is 49.9 Å². The summed E-state index contributed by atoms with van der Waals surface area (Å²) in [5.41, 5.74) is -0.316. The van der Waals surface area contributed by atoms with E-state index in [0.717, 1.165) is 12.8 Å². The van der Waals surface area contributed by atoms with Gasteiger partial charge in [-0.1, -0.05) is 0 Å². The van der Waals surface area contributed by atoms with E-state index in [2.05, 4.69) is 11.4 Å². The molecule has 0 bridgehead atoms. The number of nitriles is 1. The Hall–Kier alpha value is -2.46. The van der Waals surface area contributed by atoms with Gasteiger partial charge in [0.05, 0.1) is 12.6 Å². The number of amides is 2. The van der Waals surface area contributed by atoms with E-state index in [-0.39, 0.29) is 30.1 Å². The second-order valence-electron chi connectivity index (χ2n) is 7.21. The van der Waals surface area contributed by atoms with Crippen LogP contribution in [0.15, 0.2) is 24.3 Å². The molecule has 1 atom stereocenters. The number of nitrogens with one attached hydrogen (secondary N) is 1. The molecule has 2 amide bonds. The molecule has 0 spiro atoms. The lowest BCUT2D eigenvalue weighted by atomic mass is 9.98. The van der Waals surface area contributed by atoms with Gasteiger partial charge in [-0.2, -0.15) is 5.26 Å². The molecule has 0 radical (unpaired) electrons. The zero-order chi connectivity index (χ0) is 18.7. The third kappa shape index (κ3) is 4.20. The van der Waals surface area contributed by atoms with Gasteiger partial charge in [-0.3, -0.25) is 14.5 Å². The highest BCUT2D eigenvalue weighted by Crippen LogP contribution is 2.39. The molecule has 0 aromatic heterocycles. The maximum absolute atomic E-state index is 13.0. The van der Waals surface area contributed by atoms with Crippen molar-refractivity contribution in [3.63, 3.8) is 0 Å². The summed E-state index contributed by atoms with van der Waals surface area (Å²) in [6.07, 6.45) is 1.96. The predicted octanol–water partition coefficient (Wildman–Crippen LogP) is 1.39. The lowest BCUT2D eigenvalue weighted by Gasteiger charge is -2.35. The lowest BCUT2D eigenvalue weighted by Crippen LogP contribution is -2.54. The maximum atomic E-state index is 13.0. The molecule has 2 aliphatic rings. The normalized spacial score (nSPS) is 20.1. The number of carbonyl (C=O) groups excluding carboxylic acids is 2. The predicted molar refractivity (Wildman–Crippen MR) is 93.6 cm³/mol. The van der Waals surface area contributed by atoms with Crippen LogP contribution < -0.4 is 5.32 Å². The first-order chi connectivity index (χ1) is 12.4. The van der Waals surface area contributed by atoms with Gasteiger partial charge in [0, 0.05) is 31.7 Å². The summed E-state index contributed by atoms with van der Waals surface area (Å²) in [6.45, 7) is 4.22. The highest BCUT2D eigenvalue weighted by Gasteiger charge is 2.43. The minimum Gasteiger partial charge on any atom is -0.337 e.